The summed E-state index contributed by atoms with van der Waals surface area (Å²) >= 11 is 0. The van der Waals surface area contributed by atoms with Crippen molar-refractivity contribution in [2.45, 2.75) is 26.6 Å². The van der Waals surface area contributed by atoms with Crippen LogP contribution in [0.4, 0.5) is 0 Å². The van der Waals surface area contributed by atoms with Crippen LogP contribution in [0.3, 0.4) is 0 Å². The molecule has 0 aliphatic heterocycles. The van der Waals surface area contributed by atoms with E-state index in [-0.39, 0.29) is 0 Å². The van der Waals surface area contributed by atoms with Crippen molar-refractivity contribution in [3.8, 4) is 0 Å². The van der Waals surface area contributed by atoms with Crippen LogP contribution < -0.4 is 0 Å². The highest BCUT2D eigenvalue weighted by Crippen LogP contribution is 2.01. The maximum absolute atomic E-state index is 5.69. The molecule has 0 atom stereocenters. The van der Waals surface area contributed by atoms with Gasteiger partial charge in [0.2, 0.25) is 0 Å². The van der Waals surface area contributed by atoms with E-state index in [9.17, 15) is 0 Å². The second-order valence-corrected chi connectivity index (χ2v) is 11.3. The van der Waals surface area contributed by atoms with E-state index in [1.165, 1.54) is 0 Å². The Morgan fingerprint density at radius 2 is 0.643 bits per heavy atom. The minimum Gasteiger partial charge on any atom is -0.415 e. The Kier molecular flexibility index (Phi) is 21.5. The molecule has 28 heavy (non-hydrogen) atoms. The molecule has 0 aromatic rings. The molecular formula is C19H42O8Si. The van der Waals surface area contributed by atoms with Gasteiger partial charge in [-0.3, -0.25) is 0 Å². The molecule has 0 rings (SSSR count). The molecule has 0 aliphatic carbocycles. The zero-order chi connectivity index (χ0) is 20.8. The molecule has 8 nitrogen and oxygen atoms in total. The molecule has 0 heterocycles. The molecule has 0 fully saturated rings. The van der Waals surface area contributed by atoms with Crippen molar-refractivity contribution < 1.29 is 37.6 Å². The number of rotatable bonds is 23. The average Bonchev–Trinajstić information content (AvgIpc) is 2.65. The van der Waals surface area contributed by atoms with Gasteiger partial charge >= 0.3 is 0 Å². The second kappa shape index (κ2) is 21.6. The molecule has 0 radical (unpaired) electrons. The molecule has 0 aliphatic rings. The van der Waals surface area contributed by atoms with Gasteiger partial charge in [-0.15, -0.1) is 0 Å². The van der Waals surface area contributed by atoms with Gasteiger partial charge in [0.15, 0.2) is 8.32 Å². The van der Waals surface area contributed by atoms with E-state index in [2.05, 4.69) is 19.6 Å². The van der Waals surface area contributed by atoms with Crippen molar-refractivity contribution in [1.29, 1.82) is 0 Å². The lowest BCUT2D eigenvalue weighted by atomic mass is 10.6. The van der Waals surface area contributed by atoms with Gasteiger partial charge in [-0.05, 0) is 26.6 Å². The summed E-state index contributed by atoms with van der Waals surface area (Å²) in [7, 11) is -1.43. The van der Waals surface area contributed by atoms with E-state index in [0.717, 1.165) is 6.61 Å². The van der Waals surface area contributed by atoms with Crippen LogP contribution in [0.25, 0.3) is 0 Å². The molecule has 0 unspecified atom stereocenters. The van der Waals surface area contributed by atoms with Crippen molar-refractivity contribution in [2.75, 3.05) is 99.1 Å². The molecule has 0 N–H and O–H groups in total. The average molecular weight is 427 g/mol. The van der Waals surface area contributed by atoms with Gasteiger partial charge in [-0.1, -0.05) is 0 Å². The zero-order valence-corrected chi connectivity index (χ0v) is 19.4. The normalized spacial score (nSPS) is 12.0. The number of hydrogen-bond donors (Lipinski definition) is 0. The minimum absolute atomic E-state index is 0.550. The van der Waals surface area contributed by atoms with Gasteiger partial charge in [-0.2, -0.15) is 0 Å². The van der Waals surface area contributed by atoms with Crippen molar-refractivity contribution in [2.24, 2.45) is 0 Å². The lowest BCUT2D eigenvalue weighted by Crippen LogP contribution is -2.27. The van der Waals surface area contributed by atoms with Crippen molar-refractivity contribution >= 4 is 8.32 Å². The first-order valence-corrected chi connectivity index (χ1v) is 13.6. The van der Waals surface area contributed by atoms with E-state index in [1.54, 1.807) is 0 Å². The van der Waals surface area contributed by atoms with Gasteiger partial charge in [-0.25, -0.2) is 0 Å². The molecule has 0 saturated heterocycles. The summed E-state index contributed by atoms with van der Waals surface area (Å²) < 4.78 is 43.3. The molecular weight excluding hydrogens is 384 g/mol. The first-order valence-electron chi connectivity index (χ1n) is 10.2. The summed E-state index contributed by atoms with van der Waals surface area (Å²) in [4.78, 5) is 0. The van der Waals surface area contributed by atoms with E-state index in [0.29, 0.717) is 92.5 Å². The van der Waals surface area contributed by atoms with E-state index >= 15 is 0 Å². The fourth-order valence-corrected chi connectivity index (χ4v) is 2.57. The van der Waals surface area contributed by atoms with Crippen LogP contribution in [-0.2, 0) is 37.6 Å². The third-order valence-corrected chi connectivity index (χ3v) is 4.27. The Balaban J connectivity index is 3.01. The summed E-state index contributed by atoms with van der Waals surface area (Å²) in [6.07, 6.45) is 0. The topological polar surface area (TPSA) is 73.8 Å². The SMILES string of the molecule is CCOCCOCCOCCOCCOCCOCCOCCO[Si](C)(C)C. The maximum Gasteiger partial charge on any atom is 0.183 e. The van der Waals surface area contributed by atoms with Gasteiger partial charge in [0, 0.05) is 6.61 Å². The third kappa shape index (κ3) is 25.9. The van der Waals surface area contributed by atoms with Crippen LogP contribution in [0.5, 0.6) is 0 Å². The Morgan fingerprint density at radius 1 is 0.393 bits per heavy atom. The summed E-state index contributed by atoms with van der Waals surface area (Å²) in [5.41, 5.74) is 0. The standard InChI is InChI=1S/C19H42O8Si/c1-5-20-6-7-21-8-9-22-10-11-23-12-13-24-14-15-25-16-17-26-18-19-27-28(2,3)4/h5-19H2,1-4H3. The molecule has 0 spiro atoms. The minimum atomic E-state index is -1.43. The molecule has 9 heteroatoms. The predicted molar refractivity (Wildman–Crippen MR) is 111 cm³/mol. The fraction of sp³-hybridized carbons (Fsp3) is 1.00. The van der Waals surface area contributed by atoms with Crippen LogP contribution in [0, 0.1) is 0 Å². The summed E-state index contributed by atoms with van der Waals surface area (Å²) in [6.45, 7) is 17.3. The van der Waals surface area contributed by atoms with E-state index < -0.39 is 8.32 Å². The van der Waals surface area contributed by atoms with Gasteiger partial charge in [0.1, 0.15) is 0 Å². The molecule has 0 saturated carbocycles. The second-order valence-electron chi connectivity index (χ2n) is 6.83. The smallest absolute Gasteiger partial charge is 0.183 e. The first-order chi connectivity index (χ1) is 13.6. The Labute approximate surface area is 172 Å². The quantitative estimate of drug-likeness (QED) is 0.181. The Hall–Kier alpha value is -0.103. The lowest BCUT2D eigenvalue weighted by Gasteiger charge is -2.16. The van der Waals surface area contributed by atoms with Crippen LogP contribution in [0.2, 0.25) is 19.6 Å². The molecule has 0 amide bonds. The summed E-state index contributed by atoms with van der Waals surface area (Å²) in [5.74, 6) is 0. The Bertz CT molecular complexity index is 302. The Morgan fingerprint density at radius 3 is 0.893 bits per heavy atom. The fourth-order valence-electron chi connectivity index (χ4n) is 1.87. The highest BCUT2D eigenvalue weighted by atomic mass is 28.4. The molecule has 170 valence electrons. The summed E-state index contributed by atoms with van der Waals surface area (Å²) in [5, 5.41) is 0. The summed E-state index contributed by atoms with van der Waals surface area (Å²) in [6, 6.07) is 0. The molecule has 0 bridgehead atoms. The number of ether oxygens (including phenoxy) is 7. The molecule has 0 aromatic heterocycles. The van der Waals surface area contributed by atoms with Gasteiger partial charge in [0.05, 0.1) is 92.5 Å². The van der Waals surface area contributed by atoms with Crippen LogP contribution in [0.1, 0.15) is 6.92 Å². The van der Waals surface area contributed by atoms with Crippen molar-refractivity contribution in [1.82, 2.24) is 0 Å². The van der Waals surface area contributed by atoms with Crippen molar-refractivity contribution in [3.63, 3.8) is 0 Å². The first kappa shape index (κ1) is 27.9. The van der Waals surface area contributed by atoms with E-state index in [1.807, 2.05) is 6.92 Å². The van der Waals surface area contributed by atoms with Crippen LogP contribution in [-0.4, -0.2) is 107 Å². The third-order valence-electron chi connectivity index (χ3n) is 3.20. The van der Waals surface area contributed by atoms with Gasteiger partial charge < -0.3 is 37.6 Å². The zero-order valence-electron chi connectivity index (χ0n) is 18.4. The monoisotopic (exact) mass is 426 g/mol. The van der Waals surface area contributed by atoms with Crippen LogP contribution >= 0.6 is 0 Å². The largest absolute Gasteiger partial charge is 0.415 e. The maximum atomic E-state index is 5.69. The van der Waals surface area contributed by atoms with Crippen molar-refractivity contribution in [3.05, 3.63) is 0 Å². The number of hydrogen-bond acceptors (Lipinski definition) is 8. The predicted octanol–water partition coefficient (Wildman–Crippen LogP) is 1.97. The van der Waals surface area contributed by atoms with Gasteiger partial charge in [0.25, 0.3) is 0 Å². The highest BCUT2D eigenvalue weighted by molar-refractivity contribution is 6.69. The lowest BCUT2D eigenvalue weighted by molar-refractivity contribution is -0.0209. The molecule has 0 aromatic carbocycles. The van der Waals surface area contributed by atoms with E-state index in [4.69, 9.17) is 37.6 Å². The highest BCUT2D eigenvalue weighted by Gasteiger charge is 2.12. The van der Waals surface area contributed by atoms with Crippen LogP contribution in [0.15, 0.2) is 0 Å².